The predicted octanol–water partition coefficient (Wildman–Crippen LogP) is 6.66. The van der Waals surface area contributed by atoms with E-state index < -0.39 is 0 Å². The summed E-state index contributed by atoms with van der Waals surface area (Å²) in [7, 11) is 0. The van der Waals surface area contributed by atoms with Crippen molar-refractivity contribution >= 4 is 32.9 Å². The van der Waals surface area contributed by atoms with Gasteiger partial charge >= 0.3 is 0 Å². The van der Waals surface area contributed by atoms with Crippen LogP contribution in [-0.2, 0) is 0 Å². The Balaban J connectivity index is 2.08. The molecule has 0 fully saturated rings. The molecular weight excluding hydrogens is 290 g/mol. The second-order valence-electron chi connectivity index (χ2n) is 6.07. The smallest absolute Gasteiger partial charge is 0.0542 e. The first kappa shape index (κ1) is 14.5. The van der Waals surface area contributed by atoms with Crippen molar-refractivity contribution in [1.82, 2.24) is 0 Å². The third-order valence-electron chi connectivity index (χ3n) is 4.38. The molecule has 116 valence electrons. The SMILES string of the molecule is C=C(C)N(c1ccccc1)c1cc2ccccc2c2ccccc12. The van der Waals surface area contributed by atoms with Gasteiger partial charge in [-0.2, -0.15) is 0 Å². The molecule has 4 rings (SSSR count). The largest absolute Gasteiger partial charge is 0.314 e. The van der Waals surface area contributed by atoms with Crippen molar-refractivity contribution in [2.45, 2.75) is 6.92 Å². The molecule has 0 saturated carbocycles. The van der Waals surface area contributed by atoms with E-state index in [9.17, 15) is 0 Å². The van der Waals surface area contributed by atoms with E-state index in [0.717, 1.165) is 11.4 Å². The normalized spacial score (nSPS) is 10.9. The minimum absolute atomic E-state index is 1.00. The molecular formula is C23H19N. The van der Waals surface area contributed by atoms with Crippen LogP contribution in [0.25, 0.3) is 21.5 Å². The highest BCUT2D eigenvalue weighted by atomic mass is 15.1. The highest BCUT2D eigenvalue weighted by molar-refractivity contribution is 6.13. The van der Waals surface area contributed by atoms with Gasteiger partial charge in [0.15, 0.2) is 0 Å². The molecule has 0 N–H and O–H groups in total. The van der Waals surface area contributed by atoms with Gasteiger partial charge in [0.2, 0.25) is 0 Å². The molecule has 0 heterocycles. The monoisotopic (exact) mass is 309 g/mol. The maximum absolute atomic E-state index is 4.22. The highest BCUT2D eigenvalue weighted by Gasteiger charge is 2.15. The molecule has 0 bridgehead atoms. The van der Waals surface area contributed by atoms with E-state index in [1.54, 1.807) is 0 Å². The van der Waals surface area contributed by atoms with Gasteiger partial charge in [-0.15, -0.1) is 0 Å². The summed E-state index contributed by atoms with van der Waals surface area (Å²) in [4.78, 5) is 2.23. The van der Waals surface area contributed by atoms with Crippen molar-refractivity contribution in [3.63, 3.8) is 0 Å². The summed E-state index contributed by atoms with van der Waals surface area (Å²) in [5, 5.41) is 5.04. The zero-order chi connectivity index (χ0) is 16.5. The predicted molar refractivity (Wildman–Crippen MR) is 105 cm³/mol. The Morgan fingerprint density at radius 3 is 2.00 bits per heavy atom. The summed E-state index contributed by atoms with van der Waals surface area (Å²) in [6.45, 7) is 6.27. The quantitative estimate of drug-likeness (QED) is 0.382. The Morgan fingerprint density at radius 1 is 0.708 bits per heavy atom. The van der Waals surface area contributed by atoms with Crippen LogP contribution < -0.4 is 4.90 Å². The number of hydrogen-bond donors (Lipinski definition) is 0. The van der Waals surface area contributed by atoms with Gasteiger partial charge in [0.05, 0.1) is 5.69 Å². The molecule has 1 nitrogen and oxygen atoms in total. The summed E-state index contributed by atoms with van der Waals surface area (Å²) >= 11 is 0. The zero-order valence-electron chi connectivity index (χ0n) is 13.7. The molecule has 0 atom stereocenters. The molecule has 0 saturated heterocycles. The standard InChI is InChI=1S/C23H19N/c1-17(2)24(19-11-4-3-5-12-19)23-16-18-10-6-7-13-20(18)21-14-8-9-15-22(21)23/h3-16H,1H2,2H3. The van der Waals surface area contributed by atoms with Crippen molar-refractivity contribution in [3.05, 3.63) is 97.2 Å². The van der Waals surface area contributed by atoms with Gasteiger partial charge < -0.3 is 4.90 Å². The Morgan fingerprint density at radius 2 is 1.29 bits per heavy atom. The molecule has 0 aliphatic rings. The van der Waals surface area contributed by atoms with Crippen LogP contribution >= 0.6 is 0 Å². The molecule has 4 aromatic rings. The average molecular weight is 309 g/mol. The highest BCUT2D eigenvalue weighted by Crippen LogP contribution is 2.38. The minimum Gasteiger partial charge on any atom is -0.314 e. The van der Waals surface area contributed by atoms with Crippen LogP contribution in [0.4, 0.5) is 11.4 Å². The summed E-state index contributed by atoms with van der Waals surface area (Å²) in [6.07, 6.45) is 0. The number of allylic oxidation sites excluding steroid dienone is 1. The van der Waals surface area contributed by atoms with Crippen molar-refractivity contribution in [2.24, 2.45) is 0 Å². The number of hydrogen-bond acceptors (Lipinski definition) is 1. The third-order valence-corrected chi connectivity index (χ3v) is 4.38. The van der Waals surface area contributed by atoms with Crippen molar-refractivity contribution in [1.29, 1.82) is 0 Å². The average Bonchev–Trinajstić information content (AvgIpc) is 2.63. The van der Waals surface area contributed by atoms with Gasteiger partial charge in [-0.05, 0) is 41.3 Å². The summed E-state index contributed by atoms with van der Waals surface area (Å²) in [5.41, 5.74) is 3.30. The van der Waals surface area contributed by atoms with Crippen molar-refractivity contribution < 1.29 is 0 Å². The molecule has 1 heteroatoms. The van der Waals surface area contributed by atoms with E-state index in [-0.39, 0.29) is 0 Å². The molecule has 0 unspecified atom stereocenters. The number of nitrogens with zero attached hydrogens (tertiary/aromatic N) is 1. The van der Waals surface area contributed by atoms with Gasteiger partial charge in [0.1, 0.15) is 0 Å². The van der Waals surface area contributed by atoms with Gasteiger partial charge in [-0.25, -0.2) is 0 Å². The van der Waals surface area contributed by atoms with Crippen LogP contribution in [0.3, 0.4) is 0 Å². The number of rotatable bonds is 3. The van der Waals surface area contributed by atoms with E-state index in [0.29, 0.717) is 0 Å². The molecule has 0 aliphatic heterocycles. The van der Waals surface area contributed by atoms with E-state index in [2.05, 4.69) is 97.3 Å². The lowest BCUT2D eigenvalue weighted by Gasteiger charge is -2.27. The molecule has 0 aliphatic carbocycles. The zero-order valence-corrected chi connectivity index (χ0v) is 13.7. The molecule has 0 spiro atoms. The Hall–Kier alpha value is -3.06. The Labute approximate surface area is 142 Å². The van der Waals surface area contributed by atoms with E-state index in [4.69, 9.17) is 0 Å². The molecule has 4 aromatic carbocycles. The number of benzene rings is 4. The minimum atomic E-state index is 1.00. The number of para-hydroxylation sites is 1. The van der Waals surface area contributed by atoms with Gasteiger partial charge in [-0.3, -0.25) is 0 Å². The first-order valence-electron chi connectivity index (χ1n) is 8.17. The molecule has 0 aromatic heterocycles. The van der Waals surface area contributed by atoms with Crippen molar-refractivity contribution in [3.8, 4) is 0 Å². The summed E-state index contributed by atoms with van der Waals surface area (Å²) < 4.78 is 0. The molecule has 0 radical (unpaired) electrons. The summed E-state index contributed by atoms with van der Waals surface area (Å²) in [5.74, 6) is 0. The second kappa shape index (κ2) is 5.86. The Bertz CT molecular complexity index is 1030. The first-order chi connectivity index (χ1) is 11.8. The van der Waals surface area contributed by atoms with Crippen LogP contribution in [0, 0.1) is 0 Å². The fourth-order valence-electron chi connectivity index (χ4n) is 3.36. The van der Waals surface area contributed by atoms with Crippen LogP contribution in [0.1, 0.15) is 6.92 Å². The fourth-order valence-corrected chi connectivity index (χ4v) is 3.36. The first-order valence-corrected chi connectivity index (χ1v) is 8.17. The van der Waals surface area contributed by atoms with Gasteiger partial charge in [0.25, 0.3) is 0 Å². The fraction of sp³-hybridized carbons (Fsp3) is 0.0435. The Kier molecular flexibility index (Phi) is 3.55. The molecule has 24 heavy (non-hydrogen) atoms. The maximum atomic E-state index is 4.22. The second-order valence-corrected chi connectivity index (χ2v) is 6.07. The van der Waals surface area contributed by atoms with Gasteiger partial charge in [0, 0.05) is 16.8 Å². The molecule has 0 amide bonds. The topological polar surface area (TPSA) is 3.24 Å². The van der Waals surface area contributed by atoms with Crippen LogP contribution in [0.2, 0.25) is 0 Å². The maximum Gasteiger partial charge on any atom is 0.0542 e. The lowest BCUT2D eigenvalue weighted by atomic mass is 9.99. The van der Waals surface area contributed by atoms with Crippen LogP contribution in [0.5, 0.6) is 0 Å². The van der Waals surface area contributed by atoms with E-state index in [1.165, 1.54) is 27.2 Å². The number of anilines is 2. The van der Waals surface area contributed by atoms with Crippen molar-refractivity contribution in [2.75, 3.05) is 4.90 Å². The van der Waals surface area contributed by atoms with E-state index >= 15 is 0 Å². The van der Waals surface area contributed by atoms with Crippen LogP contribution in [-0.4, -0.2) is 0 Å². The lowest BCUT2D eigenvalue weighted by molar-refractivity contribution is 1.18. The third kappa shape index (κ3) is 2.35. The van der Waals surface area contributed by atoms with E-state index in [1.807, 2.05) is 6.07 Å². The number of fused-ring (bicyclic) bond motifs is 3. The van der Waals surface area contributed by atoms with Crippen LogP contribution in [0.15, 0.2) is 97.2 Å². The lowest BCUT2D eigenvalue weighted by Crippen LogP contribution is -2.13. The van der Waals surface area contributed by atoms with Gasteiger partial charge in [-0.1, -0.05) is 73.3 Å². The summed E-state index contributed by atoms with van der Waals surface area (Å²) in [6, 6.07) is 29.8.